The highest BCUT2D eigenvalue weighted by Gasteiger charge is 2.22. The Kier molecular flexibility index (Phi) is 6.69. The van der Waals surface area contributed by atoms with E-state index in [1.54, 1.807) is 6.08 Å². The van der Waals surface area contributed by atoms with E-state index in [4.69, 9.17) is 16.7 Å². The number of carboxylic acids is 1. The summed E-state index contributed by atoms with van der Waals surface area (Å²) in [5, 5.41) is 8.92. The predicted octanol–water partition coefficient (Wildman–Crippen LogP) is 3.27. The molecule has 0 spiro atoms. The monoisotopic (exact) mass is 204 g/mol. The first kappa shape index (κ1) is 12.5. The van der Waals surface area contributed by atoms with Crippen LogP contribution in [0.25, 0.3) is 0 Å². The molecule has 0 aromatic heterocycles. The molecule has 0 amide bonds. The van der Waals surface area contributed by atoms with E-state index in [1.807, 2.05) is 6.92 Å². The van der Waals surface area contributed by atoms with Crippen molar-refractivity contribution >= 4 is 17.6 Å². The summed E-state index contributed by atoms with van der Waals surface area (Å²) in [7, 11) is 0. The second-order valence-corrected chi connectivity index (χ2v) is 3.56. The summed E-state index contributed by atoms with van der Waals surface area (Å²) < 4.78 is 0. The first-order chi connectivity index (χ1) is 6.13. The minimum Gasteiger partial charge on any atom is -0.481 e. The van der Waals surface area contributed by atoms with Gasteiger partial charge in [-0.3, -0.25) is 4.79 Å². The summed E-state index contributed by atoms with van der Waals surface area (Å²) in [6, 6.07) is 0. The highest BCUT2D eigenvalue weighted by atomic mass is 35.5. The zero-order chi connectivity index (χ0) is 10.3. The lowest BCUT2D eigenvalue weighted by atomic mass is 9.88. The molecule has 2 unspecified atom stereocenters. The fraction of sp³-hybridized carbons (Fsp3) is 0.700. The number of rotatable bonds is 6. The van der Waals surface area contributed by atoms with Crippen LogP contribution < -0.4 is 0 Å². The van der Waals surface area contributed by atoms with Crippen molar-refractivity contribution in [1.82, 2.24) is 0 Å². The van der Waals surface area contributed by atoms with Gasteiger partial charge in [0.05, 0.1) is 5.92 Å². The maximum atomic E-state index is 10.8. The summed E-state index contributed by atoms with van der Waals surface area (Å²) in [6.45, 7) is 4.04. The largest absolute Gasteiger partial charge is 0.481 e. The van der Waals surface area contributed by atoms with Crippen molar-refractivity contribution in [3.8, 4) is 0 Å². The lowest BCUT2D eigenvalue weighted by molar-refractivity contribution is -0.143. The number of carbonyl (C=O) groups is 1. The maximum absolute atomic E-state index is 10.8. The van der Waals surface area contributed by atoms with Crippen molar-refractivity contribution in [2.24, 2.45) is 11.8 Å². The smallest absolute Gasteiger partial charge is 0.307 e. The van der Waals surface area contributed by atoms with Gasteiger partial charge in [-0.1, -0.05) is 44.4 Å². The van der Waals surface area contributed by atoms with Crippen molar-refractivity contribution in [2.75, 3.05) is 0 Å². The van der Waals surface area contributed by atoms with E-state index in [1.165, 1.54) is 5.54 Å². The van der Waals surface area contributed by atoms with Gasteiger partial charge in [-0.2, -0.15) is 0 Å². The minimum atomic E-state index is -0.726. The standard InChI is InChI=1S/C10H17ClO2/c1-3-5-8(2)9(10(12)13)6-4-7-11/h4,7-9H,3,5-6H2,1-2H3,(H,12,13)/b7-4+. The topological polar surface area (TPSA) is 37.3 Å². The number of hydrogen-bond acceptors (Lipinski definition) is 1. The van der Waals surface area contributed by atoms with Crippen LogP contribution in [0.2, 0.25) is 0 Å². The first-order valence-electron chi connectivity index (χ1n) is 4.61. The van der Waals surface area contributed by atoms with Gasteiger partial charge in [0, 0.05) is 5.54 Å². The van der Waals surface area contributed by atoms with Crippen molar-refractivity contribution in [3.05, 3.63) is 11.6 Å². The van der Waals surface area contributed by atoms with Crippen LogP contribution >= 0.6 is 11.6 Å². The summed E-state index contributed by atoms with van der Waals surface area (Å²) in [4.78, 5) is 10.8. The van der Waals surface area contributed by atoms with Crippen LogP contribution in [0.5, 0.6) is 0 Å². The molecule has 0 heterocycles. The lowest BCUT2D eigenvalue weighted by Gasteiger charge is -2.17. The third-order valence-electron chi connectivity index (χ3n) is 2.23. The average molecular weight is 205 g/mol. The van der Waals surface area contributed by atoms with Crippen molar-refractivity contribution in [1.29, 1.82) is 0 Å². The van der Waals surface area contributed by atoms with Crippen LogP contribution in [-0.4, -0.2) is 11.1 Å². The van der Waals surface area contributed by atoms with E-state index >= 15 is 0 Å². The average Bonchev–Trinajstić information content (AvgIpc) is 2.05. The number of allylic oxidation sites excluding steroid dienone is 1. The Labute approximate surface area is 84.6 Å². The van der Waals surface area contributed by atoms with E-state index in [2.05, 4.69) is 6.92 Å². The Morgan fingerprint density at radius 2 is 2.23 bits per heavy atom. The van der Waals surface area contributed by atoms with Gasteiger partial charge in [-0.25, -0.2) is 0 Å². The van der Waals surface area contributed by atoms with Gasteiger partial charge in [-0.15, -0.1) is 0 Å². The zero-order valence-electron chi connectivity index (χ0n) is 8.16. The zero-order valence-corrected chi connectivity index (χ0v) is 8.92. The molecule has 76 valence electrons. The Balaban J connectivity index is 4.14. The number of aliphatic carboxylic acids is 1. The Hall–Kier alpha value is -0.500. The van der Waals surface area contributed by atoms with Crippen LogP contribution in [0.1, 0.15) is 33.1 Å². The van der Waals surface area contributed by atoms with E-state index in [-0.39, 0.29) is 11.8 Å². The Morgan fingerprint density at radius 3 is 2.62 bits per heavy atom. The minimum absolute atomic E-state index is 0.218. The Bertz CT molecular complexity index is 178. The summed E-state index contributed by atoms with van der Waals surface area (Å²) in [5.74, 6) is -0.805. The van der Waals surface area contributed by atoms with Gasteiger partial charge in [-0.05, 0) is 12.3 Å². The molecule has 0 aliphatic rings. The predicted molar refractivity (Wildman–Crippen MR) is 54.8 cm³/mol. The van der Waals surface area contributed by atoms with E-state index in [0.717, 1.165) is 12.8 Å². The molecule has 2 nitrogen and oxygen atoms in total. The molecule has 0 fully saturated rings. The van der Waals surface area contributed by atoms with Crippen LogP contribution in [0.3, 0.4) is 0 Å². The fourth-order valence-electron chi connectivity index (χ4n) is 1.43. The Morgan fingerprint density at radius 1 is 1.62 bits per heavy atom. The molecule has 0 rings (SSSR count). The van der Waals surface area contributed by atoms with Crippen LogP contribution in [-0.2, 0) is 4.79 Å². The molecule has 3 heteroatoms. The van der Waals surface area contributed by atoms with Crippen molar-refractivity contribution < 1.29 is 9.90 Å². The molecule has 1 N–H and O–H groups in total. The molecular formula is C10H17ClO2. The van der Waals surface area contributed by atoms with Gasteiger partial charge in [0.2, 0.25) is 0 Å². The first-order valence-corrected chi connectivity index (χ1v) is 5.05. The van der Waals surface area contributed by atoms with Gasteiger partial charge in [0.1, 0.15) is 0 Å². The van der Waals surface area contributed by atoms with Crippen LogP contribution in [0, 0.1) is 11.8 Å². The molecule has 0 aliphatic heterocycles. The molecular weight excluding hydrogens is 188 g/mol. The SMILES string of the molecule is CCCC(C)C(C/C=C/Cl)C(=O)O. The summed E-state index contributed by atoms with van der Waals surface area (Å²) >= 11 is 5.36. The van der Waals surface area contributed by atoms with Gasteiger partial charge >= 0.3 is 5.97 Å². The van der Waals surface area contributed by atoms with Gasteiger partial charge in [0.25, 0.3) is 0 Å². The lowest BCUT2D eigenvalue weighted by Crippen LogP contribution is -2.20. The molecule has 0 aliphatic carbocycles. The van der Waals surface area contributed by atoms with E-state index in [0.29, 0.717) is 6.42 Å². The second-order valence-electron chi connectivity index (χ2n) is 3.31. The third kappa shape index (κ3) is 4.94. The number of carboxylic acid groups (broad SMARTS) is 1. The third-order valence-corrected chi connectivity index (χ3v) is 2.41. The van der Waals surface area contributed by atoms with Gasteiger partial charge in [0.15, 0.2) is 0 Å². The van der Waals surface area contributed by atoms with E-state index < -0.39 is 5.97 Å². The molecule has 0 aromatic rings. The number of halogens is 1. The summed E-state index contributed by atoms with van der Waals surface area (Å²) in [6.07, 6.45) is 4.20. The highest BCUT2D eigenvalue weighted by molar-refractivity contribution is 6.25. The summed E-state index contributed by atoms with van der Waals surface area (Å²) in [5.41, 5.74) is 1.38. The number of hydrogen-bond donors (Lipinski definition) is 1. The molecule has 2 atom stereocenters. The molecule has 0 bridgehead atoms. The quantitative estimate of drug-likeness (QED) is 0.721. The van der Waals surface area contributed by atoms with Gasteiger partial charge < -0.3 is 5.11 Å². The van der Waals surface area contributed by atoms with E-state index in [9.17, 15) is 4.79 Å². The molecule has 0 saturated carbocycles. The van der Waals surface area contributed by atoms with Crippen molar-refractivity contribution in [3.63, 3.8) is 0 Å². The molecule has 0 saturated heterocycles. The van der Waals surface area contributed by atoms with Crippen LogP contribution in [0.15, 0.2) is 11.6 Å². The van der Waals surface area contributed by atoms with Crippen LogP contribution in [0.4, 0.5) is 0 Å². The van der Waals surface area contributed by atoms with Crippen molar-refractivity contribution in [2.45, 2.75) is 33.1 Å². The fourth-order valence-corrected chi connectivity index (χ4v) is 1.53. The second kappa shape index (κ2) is 6.96. The molecule has 0 aromatic carbocycles. The molecule has 0 radical (unpaired) electrons. The maximum Gasteiger partial charge on any atom is 0.307 e. The normalized spacial score (nSPS) is 15.9. The molecule has 13 heavy (non-hydrogen) atoms. The highest BCUT2D eigenvalue weighted by Crippen LogP contribution is 2.21.